The predicted molar refractivity (Wildman–Crippen MR) is 188 cm³/mol. The molecule has 284 valence electrons. The van der Waals surface area contributed by atoms with Crippen LogP contribution in [0.1, 0.15) is 57.6 Å². The van der Waals surface area contributed by atoms with Crippen LogP contribution in [0.4, 0.5) is 0 Å². The van der Waals surface area contributed by atoms with Crippen LogP contribution in [0.2, 0.25) is 0 Å². The number of phenols is 1. The van der Waals surface area contributed by atoms with Gasteiger partial charge in [-0.2, -0.15) is 0 Å². The zero-order valence-corrected chi connectivity index (χ0v) is 29.4. The average molecular weight is 728 g/mol. The van der Waals surface area contributed by atoms with Crippen molar-refractivity contribution in [2.45, 2.75) is 95.0 Å². The molecule has 0 aromatic heterocycles. The Kier molecular flexibility index (Phi) is 16.7. The third kappa shape index (κ3) is 14.4. The number of nitrogens with two attached hydrogens (primary N) is 2. The first-order valence-corrected chi connectivity index (χ1v) is 16.7. The van der Waals surface area contributed by atoms with Crippen LogP contribution in [0.15, 0.2) is 54.6 Å². The summed E-state index contributed by atoms with van der Waals surface area (Å²) >= 11 is 0. The molecule has 0 unspecified atom stereocenters. The van der Waals surface area contributed by atoms with Gasteiger partial charge in [0.15, 0.2) is 0 Å². The van der Waals surface area contributed by atoms with Crippen molar-refractivity contribution in [2.24, 2.45) is 11.5 Å². The van der Waals surface area contributed by atoms with E-state index in [1.54, 1.807) is 30.3 Å². The quantitative estimate of drug-likeness (QED) is 0.0697. The Morgan fingerprint density at radius 2 is 1.25 bits per heavy atom. The Bertz CT molecular complexity index is 1550. The van der Waals surface area contributed by atoms with E-state index in [-0.39, 0.29) is 25.0 Å². The molecule has 17 heteroatoms. The Morgan fingerprint density at radius 1 is 0.712 bits per heavy atom. The number of carbonyl (C=O) groups is 7. The number of hydrogen-bond acceptors (Lipinski definition) is 10. The lowest BCUT2D eigenvalue weighted by molar-refractivity contribution is -0.142. The number of amides is 5. The number of aromatic hydroxyl groups is 1. The number of carbonyl (C=O) groups excluding carboxylic acids is 5. The van der Waals surface area contributed by atoms with Crippen LogP contribution < -0.4 is 38.1 Å². The van der Waals surface area contributed by atoms with Gasteiger partial charge in [-0.1, -0.05) is 42.5 Å². The van der Waals surface area contributed by atoms with Crippen LogP contribution in [0, 0.1) is 0 Å². The molecule has 5 amide bonds. The molecule has 0 bridgehead atoms. The summed E-state index contributed by atoms with van der Waals surface area (Å²) in [5.41, 5.74) is 10.7. The maximum atomic E-state index is 13.5. The van der Waals surface area contributed by atoms with Crippen molar-refractivity contribution in [3.63, 3.8) is 0 Å². The third-order valence-corrected chi connectivity index (χ3v) is 7.96. The summed E-state index contributed by atoms with van der Waals surface area (Å²) in [5.74, 6) is -6.69. The number of benzene rings is 2. The first-order chi connectivity index (χ1) is 24.4. The van der Waals surface area contributed by atoms with E-state index in [0.717, 1.165) is 0 Å². The fourth-order valence-corrected chi connectivity index (χ4v) is 4.91. The Balaban J connectivity index is 2.18. The van der Waals surface area contributed by atoms with E-state index in [0.29, 0.717) is 30.5 Å². The average Bonchev–Trinajstić information content (AvgIpc) is 3.07. The number of rotatable bonds is 21. The highest BCUT2D eigenvalue weighted by Crippen LogP contribution is 2.13. The van der Waals surface area contributed by atoms with Crippen molar-refractivity contribution in [2.75, 3.05) is 6.54 Å². The van der Waals surface area contributed by atoms with E-state index >= 15 is 0 Å². The van der Waals surface area contributed by atoms with Gasteiger partial charge in [-0.05, 0) is 69.8 Å². The van der Waals surface area contributed by atoms with Crippen LogP contribution in [0.3, 0.4) is 0 Å². The van der Waals surface area contributed by atoms with E-state index in [2.05, 4.69) is 26.6 Å². The smallest absolute Gasteiger partial charge is 0.326 e. The Labute approximate surface area is 301 Å². The number of hydrogen-bond donors (Lipinski definition) is 10. The van der Waals surface area contributed by atoms with Gasteiger partial charge in [-0.25, -0.2) is 4.79 Å². The number of nitrogens with one attached hydrogen (secondary N) is 5. The lowest BCUT2D eigenvalue weighted by Gasteiger charge is -2.30. The van der Waals surface area contributed by atoms with Crippen LogP contribution >= 0.6 is 0 Å². The zero-order valence-electron chi connectivity index (χ0n) is 29.4. The van der Waals surface area contributed by atoms with Gasteiger partial charge in [0.05, 0.1) is 12.5 Å². The lowest BCUT2D eigenvalue weighted by Crippen LogP contribution is -2.62. The number of unbranched alkanes of at least 4 members (excludes halogenated alkanes) is 1. The molecular weight excluding hydrogens is 678 g/mol. The van der Waals surface area contributed by atoms with Crippen LogP contribution in [-0.2, 0) is 46.4 Å². The van der Waals surface area contributed by atoms with Gasteiger partial charge in [-0.15, -0.1) is 0 Å². The molecule has 2 aromatic rings. The van der Waals surface area contributed by atoms with Crippen LogP contribution in [0.5, 0.6) is 5.75 Å². The van der Waals surface area contributed by atoms with Gasteiger partial charge >= 0.3 is 11.9 Å². The maximum absolute atomic E-state index is 13.5. The number of aliphatic carboxylic acids is 2. The summed E-state index contributed by atoms with van der Waals surface area (Å²) in [4.78, 5) is 89.0. The second kappa shape index (κ2) is 20.3. The first kappa shape index (κ1) is 42.6. The second-order valence-electron chi connectivity index (χ2n) is 12.9. The molecule has 0 spiro atoms. The second-order valence-corrected chi connectivity index (χ2v) is 12.9. The van der Waals surface area contributed by atoms with Crippen molar-refractivity contribution < 1.29 is 48.9 Å². The summed E-state index contributed by atoms with van der Waals surface area (Å²) in [6.45, 7) is 4.41. The topological polar surface area (TPSA) is 292 Å². The fourth-order valence-electron chi connectivity index (χ4n) is 4.91. The molecule has 2 rings (SSSR count). The highest BCUT2D eigenvalue weighted by molar-refractivity contribution is 5.98. The molecule has 0 aliphatic rings. The molecule has 0 radical (unpaired) electrons. The normalized spacial score (nSPS) is 14.0. The van der Waals surface area contributed by atoms with Crippen LogP contribution in [-0.4, -0.2) is 99.1 Å². The van der Waals surface area contributed by atoms with Gasteiger partial charge < -0.3 is 53.4 Å². The standard InChI is InChI=1S/C35H49N7O10/c1-20(29(46)40-26(17-21-9-5-4-6-10-21)31(48)39-25(33(50)51)11-7-8-16-36)38-34(52)35(2,3)42-32(49)27(18-22-12-14-23(43)15-13-22)41-30(47)24(37)19-28(44)45/h4-6,9-10,12-15,20,24-27,43H,7-8,11,16-19,36-37H2,1-3H3,(H,38,52)(H,39,48)(H,40,46)(H,41,47)(H,42,49)(H,44,45)(H,50,51)/t20-,24-,25-,26-,27-/m0/s1. The molecule has 0 saturated carbocycles. The van der Waals surface area contributed by atoms with Gasteiger partial charge in [0.25, 0.3) is 0 Å². The Morgan fingerprint density at radius 3 is 1.81 bits per heavy atom. The Hall–Kier alpha value is -5.55. The van der Waals surface area contributed by atoms with Gasteiger partial charge in [-0.3, -0.25) is 28.8 Å². The molecule has 5 atom stereocenters. The molecule has 0 heterocycles. The van der Waals surface area contributed by atoms with Crippen molar-refractivity contribution in [3.8, 4) is 5.75 Å². The van der Waals surface area contributed by atoms with Crippen molar-refractivity contribution >= 4 is 41.5 Å². The van der Waals surface area contributed by atoms with Crippen LogP contribution in [0.25, 0.3) is 0 Å². The summed E-state index contributed by atoms with van der Waals surface area (Å²) < 4.78 is 0. The third-order valence-electron chi connectivity index (χ3n) is 7.96. The van der Waals surface area contributed by atoms with E-state index < -0.39 is 83.6 Å². The van der Waals surface area contributed by atoms with E-state index in [9.17, 15) is 43.8 Å². The minimum atomic E-state index is -1.67. The minimum Gasteiger partial charge on any atom is -0.508 e. The summed E-state index contributed by atoms with van der Waals surface area (Å²) in [6, 6.07) is 8.00. The molecule has 0 saturated heterocycles. The lowest BCUT2D eigenvalue weighted by atomic mass is 10.00. The highest BCUT2D eigenvalue weighted by atomic mass is 16.4. The fraction of sp³-hybridized carbons (Fsp3) is 0.457. The molecule has 0 fully saturated rings. The molecule has 12 N–H and O–H groups in total. The predicted octanol–water partition coefficient (Wildman–Crippen LogP) is -0.953. The molecule has 2 aromatic carbocycles. The van der Waals surface area contributed by atoms with Crippen molar-refractivity contribution in [3.05, 3.63) is 65.7 Å². The largest absolute Gasteiger partial charge is 0.508 e. The maximum Gasteiger partial charge on any atom is 0.326 e. The number of carboxylic acid groups (broad SMARTS) is 2. The van der Waals surface area contributed by atoms with Gasteiger partial charge in [0.1, 0.15) is 35.5 Å². The van der Waals surface area contributed by atoms with E-state index in [4.69, 9.17) is 16.6 Å². The molecule has 52 heavy (non-hydrogen) atoms. The van der Waals surface area contributed by atoms with Crippen molar-refractivity contribution in [1.82, 2.24) is 26.6 Å². The van der Waals surface area contributed by atoms with E-state index in [1.807, 2.05) is 0 Å². The zero-order chi connectivity index (χ0) is 39.0. The summed E-state index contributed by atoms with van der Waals surface area (Å²) in [7, 11) is 0. The monoisotopic (exact) mass is 727 g/mol. The number of carboxylic acids is 2. The molecule has 17 nitrogen and oxygen atoms in total. The van der Waals surface area contributed by atoms with Crippen molar-refractivity contribution in [1.29, 1.82) is 0 Å². The SMILES string of the molecule is C[C@H](NC(=O)C(C)(C)NC(=O)[C@H](Cc1ccc(O)cc1)NC(=O)[C@@H](N)CC(=O)O)C(=O)N[C@@H](Cc1ccccc1)C(=O)N[C@@H](CCCCN)C(=O)O. The number of phenolic OH excluding ortho intramolecular Hbond substituents is 1. The first-order valence-electron chi connectivity index (χ1n) is 16.7. The summed E-state index contributed by atoms with van der Waals surface area (Å²) in [5, 5.41) is 40.8. The van der Waals surface area contributed by atoms with E-state index in [1.165, 1.54) is 45.0 Å². The molecule has 0 aliphatic carbocycles. The summed E-state index contributed by atoms with van der Waals surface area (Å²) in [6.07, 6.45) is 0.352. The van der Waals surface area contributed by atoms with Gasteiger partial charge in [0.2, 0.25) is 29.5 Å². The van der Waals surface area contributed by atoms with Gasteiger partial charge in [0, 0.05) is 12.8 Å². The molecular formula is C35H49N7O10. The minimum absolute atomic E-state index is 0.0139. The molecule has 0 aliphatic heterocycles. The highest BCUT2D eigenvalue weighted by Gasteiger charge is 2.36.